The first-order valence-corrected chi connectivity index (χ1v) is 7.39. The molecule has 21 heavy (non-hydrogen) atoms. The van der Waals surface area contributed by atoms with E-state index in [-0.39, 0.29) is 11.8 Å². The van der Waals surface area contributed by atoms with Crippen LogP contribution in [0.3, 0.4) is 0 Å². The molecule has 1 aromatic rings. The monoisotopic (exact) mass is 288 g/mol. The lowest BCUT2D eigenvalue weighted by atomic mass is 9.99. The fraction of sp³-hybridized carbons (Fsp3) is 0.500. The molecule has 0 unspecified atom stereocenters. The first-order valence-electron chi connectivity index (χ1n) is 7.39. The van der Waals surface area contributed by atoms with Gasteiger partial charge in [0.05, 0.1) is 12.5 Å². The molecule has 1 saturated heterocycles. The molecule has 1 amide bonds. The van der Waals surface area contributed by atoms with E-state index in [0.29, 0.717) is 19.6 Å². The van der Waals surface area contributed by atoms with Crippen molar-refractivity contribution in [3.63, 3.8) is 0 Å². The van der Waals surface area contributed by atoms with Crippen LogP contribution in [0.4, 0.5) is 5.69 Å². The lowest BCUT2D eigenvalue weighted by molar-refractivity contribution is -0.142. The molecule has 2 aliphatic heterocycles. The molecule has 0 saturated carbocycles. The van der Waals surface area contributed by atoms with Gasteiger partial charge in [-0.3, -0.25) is 9.59 Å². The zero-order chi connectivity index (χ0) is 15.0. The summed E-state index contributed by atoms with van der Waals surface area (Å²) in [6.45, 7) is 3.99. The number of rotatable bonds is 3. The highest BCUT2D eigenvalue weighted by atomic mass is 16.4. The largest absolute Gasteiger partial charge is 0.481 e. The van der Waals surface area contributed by atoms with Gasteiger partial charge >= 0.3 is 5.97 Å². The van der Waals surface area contributed by atoms with Crippen LogP contribution in [0.5, 0.6) is 0 Å². The van der Waals surface area contributed by atoms with Crippen LogP contribution in [0.2, 0.25) is 0 Å². The third kappa shape index (κ3) is 2.60. The molecular weight excluding hydrogens is 268 g/mol. The van der Waals surface area contributed by atoms with Gasteiger partial charge in [0, 0.05) is 25.3 Å². The molecule has 2 aliphatic rings. The highest BCUT2D eigenvalue weighted by Gasteiger charge is 2.37. The highest BCUT2D eigenvalue weighted by molar-refractivity contribution is 5.84. The molecule has 0 aliphatic carbocycles. The number of carboxylic acid groups (broad SMARTS) is 1. The normalized spacial score (nSPS) is 24.2. The molecule has 0 bridgehead atoms. The Morgan fingerprint density at radius 1 is 1.29 bits per heavy atom. The lowest BCUT2D eigenvalue weighted by Crippen LogP contribution is -2.39. The quantitative estimate of drug-likeness (QED) is 0.908. The smallest absolute Gasteiger partial charge is 0.308 e. The summed E-state index contributed by atoms with van der Waals surface area (Å²) in [6.07, 6.45) is 0.970. The van der Waals surface area contributed by atoms with E-state index in [1.165, 1.54) is 5.56 Å². The Bertz CT molecular complexity index is 572. The van der Waals surface area contributed by atoms with Crippen LogP contribution >= 0.6 is 0 Å². The molecular formula is C16H20N2O3. The maximum absolute atomic E-state index is 12.4. The molecule has 112 valence electrons. The summed E-state index contributed by atoms with van der Waals surface area (Å²) in [5, 5.41) is 9.15. The number of amides is 1. The van der Waals surface area contributed by atoms with Crippen molar-refractivity contribution in [1.82, 2.24) is 4.90 Å². The summed E-state index contributed by atoms with van der Waals surface area (Å²) < 4.78 is 0. The lowest BCUT2D eigenvalue weighted by Gasteiger charge is -2.23. The van der Waals surface area contributed by atoms with E-state index in [0.717, 1.165) is 18.7 Å². The van der Waals surface area contributed by atoms with Gasteiger partial charge in [0.2, 0.25) is 5.91 Å². The number of fused-ring (bicyclic) bond motifs is 1. The Kier molecular flexibility index (Phi) is 3.57. The minimum Gasteiger partial charge on any atom is -0.481 e. The van der Waals surface area contributed by atoms with Crippen molar-refractivity contribution in [2.45, 2.75) is 13.3 Å². The van der Waals surface area contributed by atoms with Crippen LogP contribution in [0.1, 0.15) is 12.5 Å². The van der Waals surface area contributed by atoms with Crippen molar-refractivity contribution in [2.24, 2.45) is 11.8 Å². The number of hydrogen-bond acceptors (Lipinski definition) is 3. The maximum atomic E-state index is 12.4. The minimum atomic E-state index is -0.802. The number of anilines is 1. The fourth-order valence-electron chi connectivity index (χ4n) is 3.33. The molecule has 1 N–H and O–H groups in total. The van der Waals surface area contributed by atoms with Crippen LogP contribution in [0.25, 0.3) is 0 Å². The zero-order valence-electron chi connectivity index (χ0n) is 12.2. The Hall–Kier alpha value is -2.04. The van der Waals surface area contributed by atoms with Crippen LogP contribution in [0, 0.1) is 11.8 Å². The Morgan fingerprint density at radius 2 is 2.05 bits per heavy atom. The molecule has 0 spiro atoms. The second-order valence-electron chi connectivity index (χ2n) is 6.02. The number of likely N-dealkylation sites (tertiary alicyclic amines) is 1. The van der Waals surface area contributed by atoms with Crippen molar-refractivity contribution in [2.75, 3.05) is 31.1 Å². The number of nitrogens with zero attached hydrogens (tertiary/aromatic N) is 2. The molecule has 0 radical (unpaired) electrons. The number of benzene rings is 1. The predicted molar refractivity (Wildman–Crippen MR) is 79.2 cm³/mol. The van der Waals surface area contributed by atoms with Crippen molar-refractivity contribution >= 4 is 17.6 Å². The van der Waals surface area contributed by atoms with Gasteiger partial charge in [-0.05, 0) is 24.0 Å². The van der Waals surface area contributed by atoms with Crippen molar-refractivity contribution in [3.8, 4) is 0 Å². The Labute approximate surface area is 124 Å². The fourth-order valence-corrected chi connectivity index (χ4v) is 3.33. The van der Waals surface area contributed by atoms with Crippen LogP contribution in [0.15, 0.2) is 24.3 Å². The van der Waals surface area contributed by atoms with Crippen LogP contribution in [-0.4, -0.2) is 48.1 Å². The van der Waals surface area contributed by atoms with Crippen molar-refractivity contribution < 1.29 is 14.7 Å². The van der Waals surface area contributed by atoms with Crippen LogP contribution in [-0.2, 0) is 16.0 Å². The summed E-state index contributed by atoms with van der Waals surface area (Å²) in [6, 6.07) is 8.14. The third-order valence-corrected chi connectivity index (χ3v) is 4.59. The van der Waals surface area contributed by atoms with E-state index >= 15 is 0 Å². The number of carbonyl (C=O) groups excluding carboxylic acids is 1. The summed E-state index contributed by atoms with van der Waals surface area (Å²) in [4.78, 5) is 27.3. The van der Waals surface area contributed by atoms with Gasteiger partial charge in [0.25, 0.3) is 0 Å². The highest BCUT2D eigenvalue weighted by Crippen LogP contribution is 2.28. The topological polar surface area (TPSA) is 60.9 Å². The molecule has 1 fully saturated rings. The van der Waals surface area contributed by atoms with Gasteiger partial charge in [-0.25, -0.2) is 0 Å². The predicted octanol–water partition coefficient (Wildman–Crippen LogP) is 1.23. The molecule has 2 heterocycles. The Balaban J connectivity index is 1.65. The summed E-state index contributed by atoms with van der Waals surface area (Å²) >= 11 is 0. The third-order valence-electron chi connectivity index (χ3n) is 4.59. The van der Waals surface area contributed by atoms with Gasteiger partial charge in [-0.1, -0.05) is 25.1 Å². The molecule has 2 atom stereocenters. The van der Waals surface area contributed by atoms with Gasteiger partial charge in [0.15, 0.2) is 0 Å². The summed E-state index contributed by atoms with van der Waals surface area (Å²) in [5.41, 5.74) is 2.41. The maximum Gasteiger partial charge on any atom is 0.308 e. The molecule has 3 rings (SSSR count). The van der Waals surface area contributed by atoms with Crippen molar-refractivity contribution in [1.29, 1.82) is 0 Å². The SMILES string of the molecule is C[C@@H]1CN(C(=O)CN2CCc3ccccc32)C[C@H]1C(=O)O. The molecule has 5 nitrogen and oxygen atoms in total. The number of hydrogen-bond donors (Lipinski definition) is 1. The first kappa shape index (κ1) is 13.9. The van der Waals surface area contributed by atoms with E-state index in [2.05, 4.69) is 11.0 Å². The van der Waals surface area contributed by atoms with Crippen LogP contribution < -0.4 is 4.90 Å². The minimum absolute atomic E-state index is 0.0253. The second-order valence-corrected chi connectivity index (χ2v) is 6.02. The molecule has 1 aromatic carbocycles. The average molecular weight is 288 g/mol. The number of aliphatic carboxylic acids is 1. The number of para-hydroxylation sites is 1. The van der Waals surface area contributed by atoms with E-state index in [1.54, 1.807) is 4.90 Å². The van der Waals surface area contributed by atoms with E-state index < -0.39 is 11.9 Å². The Morgan fingerprint density at radius 3 is 2.76 bits per heavy atom. The van der Waals surface area contributed by atoms with Gasteiger partial charge < -0.3 is 14.9 Å². The average Bonchev–Trinajstić information content (AvgIpc) is 3.03. The van der Waals surface area contributed by atoms with E-state index in [9.17, 15) is 9.59 Å². The van der Waals surface area contributed by atoms with Gasteiger partial charge in [-0.2, -0.15) is 0 Å². The summed E-state index contributed by atoms with van der Waals surface area (Å²) in [5.74, 6) is -1.18. The van der Waals surface area contributed by atoms with Gasteiger partial charge in [0.1, 0.15) is 0 Å². The van der Waals surface area contributed by atoms with E-state index in [4.69, 9.17) is 5.11 Å². The zero-order valence-corrected chi connectivity index (χ0v) is 12.2. The summed E-state index contributed by atoms with van der Waals surface area (Å²) in [7, 11) is 0. The van der Waals surface area contributed by atoms with Crippen molar-refractivity contribution in [3.05, 3.63) is 29.8 Å². The van der Waals surface area contributed by atoms with E-state index in [1.807, 2.05) is 25.1 Å². The second kappa shape index (κ2) is 5.39. The first-order chi connectivity index (χ1) is 10.1. The molecule has 5 heteroatoms. The molecule has 0 aromatic heterocycles. The van der Waals surface area contributed by atoms with Gasteiger partial charge in [-0.15, -0.1) is 0 Å². The number of carbonyl (C=O) groups is 2. The standard InChI is InChI=1S/C16H20N2O3/c1-11-8-18(9-13(11)16(20)21)15(19)10-17-7-6-12-4-2-3-5-14(12)17/h2-5,11,13H,6-10H2,1H3,(H,20,21)/t11-,13-/m1/s1. The number of carboxylic acids is 1.